The second-order valence-electron chi connectivity index (χ2n) is 6.17. The van der Waals surface area contributed by atoms with Gasteiger partial charge in [0.1, 0.15) is 0 Å². The predicted octanol–water partition coefficient (Wildman–Crippen LogP) is 3.37. The van der Waals surface area contributed by atoms with Gasteiger partial charge in [0.2, 0.25) is 6.54 Å². The van der Waals surface area contributed by atoms with Gasteiger partial charge in [-0.15, -0.1) is 0 Å². The van der Waals surface area contributed by atoms with E-state index in [2.05, 4.69) is 5.32 Å². The van der Waals surface area contributed by atoms with Crippen LogP contribution in [0.25, 0.3) is 11.1 Å². The number of carbonyl (C=O) groups excluding carboxylic acids is 2. The summed E-state index contributed by atoms with van der Waals surface area (Å²) in [6.45, 7) is 1.97. The number of benzene rings is 2. The Labute approximate surface area is 158 Å². The van der Waals surface area contributed by atoms with Crippen molar-refractivity contribution in [3.05, 3.63) is 84.2 Å². The fourth-order valence-corrected chi connectivity index (χ4v) is 2.88. The summed E-state index contributed by atoms with van der Waals surface area (Å²) in [7, 11) is 1.32. The van der Waals surface area contributed by atoms with Crippen LogP contribution in [0.1, 0.15) is 15.9 Å². The van der Waals surface area contributed by atoms with E-state index in [0.29, 0.717) is 11.3 Å². The maximum absolute atomic E-state index is 12.6. The Kier molecular flexibility index (Phi) is 5.61. The standard InChI is InChI=1S/C22H20N2O3/c1-16-8-6-12-19(22(26)27-2)21(16)23-20(25)15-24-13-7-11-18(14-24)17-9-4-3-5-10-17/h3-14H,15H2,1-2H3/p+1. The lowest BCUT2D eigenvalue weighted by Crippen LogP contribution is -2.40. The molecule has 2 aromatic carbocycles. The van der Waals surface area contributed by atoms with E-state index in [1.54, 1.807) is 12.1 Å². The number of pyridine rings is 1. The predicted molar refractivity (Wildman–Crippen MR) is 103 cm³/mol. The number of ether oxygens (including phenoxy) is 1. The number of nitrogens with zero attached hydrogens (tertiary/aromatic N) is 1. The van der Waals surface area contributed by atoms with E-state index in [1.807, 2.05) is 72.4 Å². The average Bonchev–Trinajstić information content (AvgIpc) is 2.70. The summed E-state index contributed by atoms with van der Waals surface area (Å²) >= 11 is 0. The highest BCUT2D eigenvalue weighted by Gasteiger charge is 2.18. The summed E-state index contributed by atoms with van der Waals surface area (Å²) in [5.74, 6) is -0.697. The van der Waals surface area contributed by atoms with Crippen molar-refractivity contribution in [2.75, 3.05) is 12.4 Å². The quantitative estimate of drug-likeness (QED) is 0.560. The number of aromatic nitrogens is 1. The first-order valence-electron chi connectivity index (χ1n) is 8.61. The first-order chi connectivity index (χ1) is 13.1. The average molecular weight is 361 g/mol. The van der Waals surface area contributed by atoms with Crippen LogP contribution in [0, 0.1) is 6.92 Å². The Morgan fingerprint density at radius 2 is 1.70 bits per heavy atom. The molecule has 0 unspecified atom stereocenters. The molecular weight excluding hydrogens is 340 g/mol. The smallest absolute Gasteiger partial charge is 0.339 e. The van der Waals surface area contributed by atoms with E-state index in [0.717, 1.165) is 16.7 Å². The van der Waals surface area contributed by atoms with Crippen LogP contribution in [0.3, 0.4) is 0 Å². The van der Waals surface area contributed by atoms with Crippen molar-refractivity contribution in [2.45, 2.75) is 13.5 Å². The summed E-state index contributed by atoms with van der Waals surface area (Å²) < 4.78 is 6.61. The van der Waals surface area contributed by atoms with Crippen LogP contribution in [0.15, 0.2) is 73.1 Å². The zero-order valence-corrected chi connectivity index (χ0v) is 15.3. The number of esters is 1. The molecule has 136 valence electrons. The topological polar surface area (TPSA) is 59.3 Å². The normalized spacial score (nSPS) is 10.3. The maximum atomic E-state index is 12.6. The Morgan fingerprint density at radius 3 is 2.44 bits per heavy atom. The minimum atomic E-state index is -0.479. The molecule has 0 saturated heterocycles. The summed E-state index contributed by atoms with van der Waals surface area (Å²) in [4.78, 5) is 24.5. The van der Waals surface area contributed by atoms with Gasteiger partial charge < -0.3 is 10.1 Å². The molecular formula is C22H21N2O3+. The fourth-order valence-electron chi connectivity index (χ4n) is 2.88. The van der Waals surface area contributed by atoms with Crippen LogP contribution in [0.4, 0.5) is 5.69 Å². The van der Waals surface area contributed by atoms with Gasteiger partial charge in [0.15, 0.2) is 12.4 Å². The SMILES string of the molecule is COC(=O)c1cccc(C)c1NC(=O)C[n+]1cccc(-c2ccccc2)c1. The molecule has 1 N–H and O–H groups in total. The van der Waals surface area contributed by atoms with Crippen LogP contribution in [0.2, 0.25) is 0 Å². The minimum absolute atomic E-state index is 0.135. The van der Waals surface area contributed by atoms with Crippen molar-refractivity contribution in [1.82, 2.24) is 0 Å². The number of para-hydroxylation sites is 1. The van der Waals surface area contributed by atoms with E-state index in [9.17, 15) is 9.59 Å². The molecule has 5 heteroatoms. The molecule has 3 rings (SSSR count). The summed E-state index contributed by atoms with van der Waals surface area (Å²) in [6.07, 6.45) is 3.76. The van der Waals surface area contributed by atoms with Gasteiger partial charge in [-0.05, 0) is 30.2 Å². The largest absolute Gasteiger partial charge is 0.465 e. The number of hydrogen-bond acceptors (Lipinski definition) is 3. The van der Waals surface area contributed by atoms with Gasteiger partial charge in [0.05, 0.1) is 18.4 Å². The van der Waals surface area contributed by atoms with E-state index in [-0.39, 0.29) is 12.5 Å². The number of aryl methyl sites for hydroxylation is 1. The highest BCUT2D eigenvalue weighted by molar-refractivity contribution is 6.01. The molecule has 3 aromatic rings. The highest BCUT2D eigenvalue weighted by atomic mass is 16.5. The van der Waals surface area contributed by atoms with Crippen LogP contribution in [-0.4, -0.2) is 19.0 Å². The molecule has 5 nitrogen and oxygen atoms in total. The molecule has 0 bridgehead atoms. The lowest BCUT2D eigenvalue weighted by molar-refractivity contribution is -0.683. The minimum Gasteiger partial charge on any atom is -0.465 e. The van der Waals surface area contributed by atoms with Crippen molar-refractivity contribution in [3.8, 4) is 11.1 Å². The van der Waals surface area contributed by atoms with Gasteiger partial charge in [0.25, 0.3) is 5.91 Å². The van der Waals surface area contributed by atoms with Gasteiger partial charge in [-0.3, -0.25) is 4.79 Å². The number of anilines is 1. The zero-order chi connectivity index (χ0) is 19.2. The van der Waals surface area contributed by atoms with Crippen LogP contribution >= 0.6 is 0 Å². The van der Waals surface area contributed by atoms with E-state index in [1.165, 1.54) is 7.11 Å². The summed E-state index contributed by atoms with van der Waals surface area (Å²) in [5.41, 5.74) is 3.73. The summed E-state index contributed by atoms with van der Waals surface area (Å²) in [6, 6.07) is 19.1. The Morgan fingerprint density at radius 1 is 0.963 bits per heavy atom. The van der Waals surface area contributed by atoms with Crippen molar-refractivity contribution in [3.63, 3.8) is 0 Å². The molecule has 0 saturated carbocycles. The fraction of sp³-hybridized carbons (Fsp3) is 0.136. The second kappa shape index (κ2) is 8.27. The number of nitrogens with one attached hydrogen (secondary N) is 1. The second-order valence-corrected chi connectivity index (χ2v) is 6.17. The van der Waals surface area contributed by atoms with Crippen LogP contribution in [-0.2, 0) is 16.1 Å². The number of hydrogen-bond donors (Lipinski definition) is 1. The first kappa shape index (κ1) is 18.3. The molecule has 27 heavy (non-hydrogen) atoms. The third-order valence-corrected chi connectivity index (χ3v) is 4.23. The van der Waals surface area contributed by atoms with E-state index < -0.39 is 5.97 Å². The molecule has 0 aliphatic carbocycles. The van der Waals surface area contributed by atoms with Gasteiger partial charge in [-0.25, -0.2) is 4.79 Å². The number of carbonyl (C=O) groups is 2. The van der Waals surface area contributed by atoms with Gasteiger partial charge >= 0.3 is 5.97 Å². The highest BCUT2D eigenvalue weighted by Crippen LogP contribution is 2.21. The monoisotopic (exact) mass is 361 g/mol. The third-order valence-electron chi connectivity index (χ3n) is 4.23. The summed E-state index contributed by atoms with van der Waals surface area (Å²) in [5, 5.41) is 2.84. The Bertz CT molecular complexity index is 968. The van der Waals surface area contributed by atoms with E-state index in [4.69, 9.17) is 4.74 Å². The lowest BCUT2D eigenvalue weighted by Gasteiger charge is -2.11. The van der Waals surface area contributed by atoms with Crippen LogP contribution in [0.5, 0.6) is 0 Å². The number of amides is 1. The molecule has 0 atom stereocenters. The van der Waals surface area contributed by atoms with Gasteiger partial charge in [-0.2, -0.15) is 4.57 Å². The molecule has 0 fully saturated rings. The van der Waals surface area contributed by atoms with Gasteiger partial charge in [0, 0.05) is 11.6 Å². The molecule has 0 radical (unpaired) electrons. The van der Waals surface area contributed by atoms with Crippen LogP contribution < -0.4 is 9.88 Å². The molecule has 0 aliphatic heterocycles. The van der Waals surface area contributed by atoms with E-state index >= 15 is 0 Å². The molecule has 0 aliphatic rings. The van der Waals surface area contributed by atoms with Crippen molar-refractivity contribution < 1.29 is 18.9 Å². The molecule has 0 spiro atoms. The Hall–Kier alpha value is -3.47. The maximum Gasteiger partial charge on any atom is 0.339 e. The first-order valence-corrected chi connectivity index (χ1v) is 8.61. The third kappa shape index (κ3) is 4.39. The zero-order valence-electron chi connectivity index (χ0n) is 15.3. The molecule has 1 amide bonds. The van der Waals surface area contributed by atoms with Crippen molar-refractivity contribution >= 4 is 17.6 Å². The van der Waals surface area contributed by atoms with Gasteiger partial charge in [-0.1, -0.05) is 42.5 Å². The molecule has 1 aromatic heterocycles. The molecule has 1 heterocycles. The lowest BCUT2D eigenvalue weighted by atomic mass is 10.1. The van der Waals surface area contributed by atoms with Crippen molar-refractivity contribution in [2.24, 2.45) is 0 Å². The van der Waals surface area contributed by atoms with Crippen molar-refractivity contribution in [1.29, 1.82) is 0 Å². The number of rotatable bonds is 5. The Balaban J connectivity index is 1.79. The number of methoxy groups -OCH3 is 1.